The van der Waals surface area contributed by atoms with E-state index in [0.29, 0.717) is 5.41 Å². The molecule has 2 heteroatoms. The molecule has 1 aromatic carbocycles. The largest absolute Gasteiger partial charge is 0.330 e. The van der Waals surface area contributed by atoms with E-state index in [4.69, 9.17) is 5.73 Å². The molecule has 0 amide bonds. The van der Waals surface area contributed by atoms with E-state index in [2.05, 4.69) is 29.6 Å². The maximum atomic E-state index is 6.02. The van der Waals surface area contributed by atoms with Gasteiger partial charge in [-0.05, 0) is 55.8 Å². The predicted octanol–water partition coefficient (Wildman–Crippen LogP) is 2.53. The molecule has 2 fully saturated rings. The Morgan fingerprint density at radius 1 is 1.22 bits per heavy atom. The molecule has 1 saturated heterocycles. The first-order chi connectivity index (χ1) is 8.84. The van der Waals surface area contributed by atoms with Crippen LogP contribution in [0, 0.1) is 0 Å². The Balaban J connectivity index is 1.84. The summed E-state index contributed by atoms with van der Waals surface area (Å²) in [5, 5.41) is 3.44. The lowest BCUT2D eigenvalue weighted by molar-refractivity contribution is 0.252. The number of nitrogens with one attached hydrogen (secondary N) is 1. The van der Waals surface area contributed by atoms with E-state index in [1.54, 1.807) is 0 Å². The number of hydrogen-bond donors (Lipinski definition) is 2. The van der Waals surface area contributed by atoms with Gasteiger partial charge in [0.05, 0.1) is 0 Å². The molecule has 0 radical (unpaired) electrons. The van der Waals surface area contributed by atoms with Gasteiger partial charge in [-0.1, -0.05) is 30.7 Å². The van der Waals surface area contributed by atoms with Gasteiger partial charge in [-0.3, -0.25) is 0 Å². The van der Waals surface area contributed by atoms with Crippen LogP contribution in [0.15, 0.2) is 24.3 Å². The van der Waals surface area contributed by atoms with Gasteiger partial charge in [0.2, 0.25) is 0 Å². The maximum Gasteiger partial charge on any atom is 0.00756 e. The van der Waals surface area contributed by atoms with Gasteiger partial charge in [-0.2, -0.15) is 0 Å². The average molecular weight is 244 g/mol. The standard InChI is InChI=1S/C16H24N2/c17-12-16(7-2-8-16)15-4-1-3-14(11-15)13-5-9-18-10-6-13/h1,3-4,11,13,18H,2,5-10,12,17H2. The van der Waals surface area contributed by atoms with E-state index in [9.17, 15) is 0 Å². The first kappa shape index (κ1) is 12.2. The molecule has 3 N–H and O–H groups in total. The summed E-state index contributed by atoms with van der Waals surface area (Å²) in [4.78, 5) is 0. The van der Waals surface area contributed by atoms with Gasteiger partial charge in [-0.25, -0.2) is 0 Å². The highest BCUT2D eigenvalue weighted by Gasteiger charge is 2.37. The summed E-state index contributed by atoms with van der Waals surface area (Å²) in [5.41, 5.74) is 9.36. The first-order valence-corrected chi connectivity index (χ1v) is 7.35. The quantitative estimate of drug-likeness (QED) is 0.857. The number of nitrogens with two attached hydrogens (primary N) is 1. The Labute approximate surface area is 110 Å². The molecular weight excluding hydrogens is 220 g/mol. The smallest absolute Gasteiger partial charge is 0.00756 e. The minimum absolute atomic E-state index is 0.308. The van der Waals surface area contributed by atoms with Crippen LogP contribution in [-0.4, -0.2) is 19.6 Å². The predicted molar refractivity (Wildman–Crippen MR) is 75.9 cm³/mol. The zero-order valence-electron chi connectivity index (χ0n) is 11.1. The van der Waals surface area contributed by atoms with Crippen LogP contribution in [0.2, 0.25) is 0 Å². The summed E-state index contributed by atoms with van der Waals surface area (Å²) < 4.78 is 0. The fourth-order valence-electron chi connectivity index (χ4n) is 3.49. The third kappa shape index (κ3) is 2.08. The van der Waals surface area contributed by atoms with Gasteiger partial charge in [-0.15, -0.1) is 0 Å². The van der Waals surface area contributed by atoms with Gasteiger partial charge in [0.25, 0.3) is 0 Å². The molecule has 0 aromatic heterocycles. The molecule has 0 unspecified atom stereocenters. The van der Waals surface area contributed by atoms with Gasteiger partial charge in [0.1, 0.15) is 0 Å². The topological polar surface area (TPSA) is 38.0 Å². The van der Waals surface area contributed by atoms with Crippen molar-refractivity contribution >= 4 is 0 Å². The Bertz CT molecular complexity index is 398. The lowest BCUT2D eigenvalue weighted by atomic mass is 9.64. The van der Waals surface area contributed by atoms with Crippen LogP contribution in [-0.2, 0) is 5.41 Å². The maximum absolute atomic E-state index is 6.02. The Morgan fingerprint density at radius 3 is 2.61 bits per heavy atom. The van der Waals surface area contributed by atoms with Crippen molar-refractivity contribution in [1.29, 1.82) is 0 Å². The van der Waals surface area contributed by atoms with Gasteiger partial charge < -0.3 is 11.1 Å². The summed E-state index contributed by atoms with van der Waals surface area (Å²) in [5.74, 6) is 0.751. The van der Waals surface area contributed by atoms with Crippen molar-refractivity contribution in [2.75, 3.05) is 19.6 Å². The molecule has 98 valence electrons. The van der Waals surface area contributed by atoms with Crippen LogP contribution < -0.4 is 11.1 Å². The average Bonchev–Trinajstić information content (AvgIpc) is 2.40. The van der Waals surface area contributed by atoms with Gasteiger partial charge in [0.15, 0.2) is 0 Å². The van der Waals surface area contributed by atoms with Gasteiger partial charge in [0, 0.05) is 12.0 Å². The Kier molecular flexibility index (Phi) is 3.40. The SMILES string of the molecule is NCC1(c2cccc(C3CCNCC3)c2)CCC1. The molecule has 18 heavy (non-hydrogen) atoms. The fourth-order valence-corrected chi connectivity index (χ4v) is 3.49. The molecule has 1 aliphatic carbocycles. The Morgan fingerprint density at radius 2 is 2.00 bits per heavy atom. The van der Waals surface area contributed by atoms with Crippen molar-refractivity contribution in [3.63, 3.8) is 0 Å². The highest BCUT2D eigenvalue weighted by atomic mass is 14.9. The molecule has 1 heterocycles. The summed E-state index contributed by atoms with van der Waals surface area (Å²) in [7, 11) is 0. The summed E-state index contributed by atoms with van der Waals surface area (Å²) in [6.07, 6.45) is 6.45. The van der Waals surface area contributed by atoms with Crippen molar-refractivity contribution in [3.8, 4) is 0 Å². The second-order valence-electron chi connectivity index (χ2n) is 5.99. The minimum atomic E-state index is 0.308. The van der Waals surface area contributed by atoms with Crippen LogP contribution in [0.3, 0.4) is 0 Å². The molecule has 1 aromatic rings. The molecule has 0 bridgehead atoms. The number of rotatable bonds is 3. The molecule has 3 rings (SSSR count). The van der Waals surface area contributed by atoms with E-state index < -0.39 is 0 Å². The second kappa shape index (κ2) is 5.02. The van der Waals surface area contributed by atoms with Crippen molar-refractivity contribution in [2.45, 2.75) is 43.4 Å². The number of hydrogen-bond acceptors (Lipinski definition) is 2. The van der Waals surface area contributed by atoms with Crippen LogP contribution >= 0.6 is 0 Å². The highest BCUT2D eigenvalue weighted by Crippen LogP contribution is 2.43. The third-order valence-electron chi connectivity index (χ3n) is 5.01. The molecule has 0 atom stereocenters. The summed E-state index contributed by atoms with van der Waals surface area (Å²) >= 11 is 0. The van der Waals surface area contributed by atoms with Crippen molar-refractivity contribution < 1.29 is 0 Å². The zero-order chi connectivity index (χ0) is 12.4. The third-order valence-corrected chi connectivity index (χ3v) is 5.01. The molecule has 2 nitrogen and oxygen atoms in total. The summed E-state index contributed by atoms with van der Waals surface area (Å²) in [6.45, 7) is 3.14. The fraction of sp³-hybridized carbons (Fsp3) is 0.625. The molecule has 1 saturated carbocycles. The van der Waals surface area contributed by atoms with Crippen LogP contribution in [0.25, 0.3) is 0 Å². The van der Waals surface area contributed by atoms with Crippen LogP contribution in [0.5, 0.6) is 0 Å². The number of piperidine rings is 1. The van der Waals surface area contributed by atoms with E-state index in [1.807, 2.05) is 0 Å². The van der Waals surface area contributed by atoms with Crippen LogP contribution in [0.4, 0.5) is 0 Å². The second-order valence-corrected chi connectivity index (χ2v) is 5.99. The summed E-state index contributed by atoms with van der Waals surface area (Å²) in [6, 6.07) is 9.28. The van der Waals surface area contributed by atoms with E-state index in [-0.39, 0.29) is 0 Å². The van der Waals surface area contributed by atoms with E-state index in [1.165, 1.54) is 43.2 Å². The van der Waals surface area contributed by atoms with Crippen molar-refractivity contribution in [2.24, 2.45) is 5.73 Å². The minimum Gasteiger partial charge on any atom is -0.330 e. The van der Waals surface area contributed by atoms with Crippen LogP contribution in [0.1, 0.15) is 49.1 Å². The van der Waals surface area contributed by atoms with E-state index in [0.717, 1.165) is 25.6 Å². The van der Waals surface area contributed by atoms with E-state index >= 15 is 0 Å². The normalized spacial score (nSPS) is 23.6. The highest BCUT2D eigenvalue weighted by molar-refractivity contribution is 5.34. The first-order valence-electron chi connectivity index (χ1n) is 7.35. The van der Waals surface area contributed by atoms with Crippen molar-refractivity contribution in [1.82, 2.24) is 5.32 Å². The molecule has 2 aliphatic rings. The van der Waals surface area contributed by atoms with Gasteiger partial charge >= 0.3 is 0 Å². The molecule has 0 spiro atoms. The lowest BCUT2D eigenvalue weighted by Gasteiger charge is -2.42. The number of benzene rings is 1. The Hall–Kier alpha value is -0.860. The molecule has 1 aliphatic heterocycles. The van der Waals surface area contributed by atoms with Crippen molar-refractivity contribution in [3.05, 3.63) is 35.4 Å². The monoisotopic (exact) mass is 244 g/mol. The lowest BCUT2D eigenvalue weighted by Crippen LogP contribution is -2.41. The molecular formula is C16H24N2. The zero-order valence-corrected chi connectivity index (χ0v) is 11.1.